The summed E-state index contributed by atoms with van der Waals surface area (Å²) < 4.78 is 0. The number of aromatic nitrogens is 2. The zero-order valence-electron chi connectivity index (χ0n) is 13.3. The number of nitrogens with two attached hydrogens (primary N) is 1. The topological polar surface area (TPSA) is 121 Å². The maximum absolute atomic E-state index is 12.4. The number of carbonyl (C=O) groups excluding carboxylic acids is 3. The minimum Gasteiger partial charge on any atom is -0.354 e. The van der Waals surface area contributed by atoms with E-state index in [0.717, 1.165) is 6.42 Å². The van der Waals surface area contributed by atoms with E-state index in [1.807, 2.05) is 5.32 Å². The molecule has 0 saturated carbocycles. The Hall–Kier alpha value is -2.55. The van der Waals surface area contributed by atoms with Crippen LogP contribution in [0.1, 0.15) is 23.2 Å². The van der Waals surface area contributed by atoms with Gasteiger partial charge in [0, 0.05) is 18.9 Å². The number of piperazine rings is 1. The van der Waals surface area contributed by atoms with Crippen molar-refractivity contribution in [1.29, 1.82) is 0 Å². The fourth-order valence-electron chi connectivity index (χ4n) is 2.99. The molecule has 0 aromatic carbocycles. The van der Waals surface area contributed by atoms with Crippen molar-refractivity contribution in [2.24, 2.45) is 0 Å². The van der Waals surface area contributed by atoms with Gasteiger partial charge < -0.3 is 20.9 Å². The predicted octanol–water partition coefficient (Wildman–Crippen LogP) is -2.74. The lowest BCUT2D eigenvalue weighted by Crippen LogP contribution is -2.98. The van der Waals surface area contributed by atoms with Crippen LogP contribution >= 0.6 is 0 Å². The Bertz CT molecular complexity index is 623. The number of nitrogens with zero attached hydrogens (tertiary/aromatic N) is 3. The Labute approximate surface area is 139 Å². The molecule has 9 nitrogen and oxygen atoms in total. The number of piperidine rings is 1. The van der Waals surface area contributed by atoms with Gasteiger partial charge >= 0.3 is 0 Å². The molecule has 0 radical (unpaired) electrons. The third kappa shape index (κ3) is 3.67. The third-order valence-electron chi connectivity index (χ3n) is 4.30. The van der Waals surface area contributed by atoms with Crippen molar-refractivity contribution in [3.8, 4) is 0 Å². The first-order chi connectivity index (χ1) is 11.6. The first-order valence-electron chi connectivity index (χ1n) is 8.11. The fourth-order valence-corrected chi connectivity index (χ4v) is 2.99. The molecule has 4 N–H and O–H groups in total. The molecule has 1 aromatic rings. The van der Waals surface area contributed by atoms with E-state index in [4.69, 9.17) is 0 Å². The summed E-state index contributed by atoms with van der Waals surface area (Å²) in [5.74, 6) is -0.532. The van der Waals surface area contributed by atoms with Gasteiger partial charge in [0.1, 0.15) is 12.4 Å². The number of hydrogen-bond acceptors (Lipinski definition) is 5. The molecular weight excluding hydrogens is 312 g/mol. The quantitative estimate of drug-likeness (QED) is 0.554. The van der Waals surface area contributed by atoms with E-state index in [-0.39, 0.29) is 17.7 Å². The van der Waals surface area contributed by atoms with E-state index >= 15 is 0 Å². The lowest BCUT2D eigenvalue weighted by molar-refractivity contribution is -0.684. The third-order valence-corrected chi connectivity index (χ3v) is 4.30. The molecule has 1 aromatic heterocycles. The Balaban J connectivity index is 1.59. The molecule has 2 aliphatic rings. The van der Waals surface area contributed by atoms with Gasteiger partial charge in [-0.1, -0.05) is 0 Å². The molecule has 24 heavy (non-hydrogen) atoms. The van der Waals surface area contributed by atoms with Gasteiger partial charge in [-0.05, 0) is 12.8 Å². The number of hydrogen-bond donors (Lipinski definition) is 3. The lowest BCUT2D eigenvalue weighted by atomic mass is 10.1. The minimum atomic E-state index is -0.478. The average molecular weight is 333 g/mol. The van der Waals surface area contributed by atoms with E-state index in [0.29, 0.717) is 38.2 Å². The zero-order chi connectivity index (χ0) is 16.9. The summed E-state index contributed by atoms with van der Waals surface area (Å²) in [4.78, 5) is 46.0. The van der Waals surface area contributed by atoms with Gasteiger partial charge in [0.15, 0.2) is 6.04 Å². The molecule has 2 fully saturated rings. The monoisotopic (exact) mass is 333 g/mol. The van der Waals surface area contributed by atoms with Gasteiger partial charge in [0.05, 0.1) is 25.2 Å². The van der Waals surface area contributed by atoms with Crippen LogP contribution in [0.4, 0.5) is 0 Å². The Morgan fingerprint density at radius 1 is 1.33 bits per heavy atom. The molecule has 2 saturated heterocycles. The van der Waals surface area contributed by atoms with Crippen LogP contribution in [0.5, 0.6) is 0 Å². The highest BCUT2D eigenvalue weighted by molar-refractivity contribution is 5.94. The molecule has 0 unspecified atom stereocenters. The number of carbonyl (C=O) groups is 3. The maximum Gasteiger partial charge on any atom is 0.280 e. The molecule has 128 valence electrons. The van der Waals surface area contributed by atoms with Gasteiger partial charge in [-0.2, -0.15) is 0 Å². The van der Waals surface area contributed by atoms with Gasteiger partial charge in [-0.25, -0.2) is 9.97 Å². The standard InChI is InChI=1S/C15H20N6O3/c22-13-11(2-1-3-19-13)20-14(23)12-8-21(5-4-18-12)15(24)10-6-16-9-17-7-10/h6-7,9,11-12,18H,1-5,8H2,(H,19,22)(H,20,23)/p+1/t11-,12-/m0/s1. The normalized spacial score (nSPS) is 24.2. The second-order valence-electron chi connectivity index (χ2n) is 6.00. The van der Waals surface area contributed by atoms with Crippen LogP contribution in [0, 0.1) is 0 Å². The molecule has 0 bridgehead atoms. The van der Waals surface area contributed by atoms with E-state index in [1.165, 1.54) is 18.7 Å². The number of amides is 3. The Kier molecular flexibility index (Phi) is 4.99. The van der Waals surface area contributed by atoms with Crippen molar-refractivity contribution >= 4 is 17.7 Å². The summed E-state index contributed by atoms with van der Waals surface area (Å²) in [5.41, 5.74) is 0.408. The van der Waals surface area contributed by atoms with Crippen LogP contribution in [0.25, 0.3) is 0 Å². The average Bonchev–Trinajstić information content (AvgIpc) is 2.64. The zero-order valence-corrected chi connectivity index (χ0v) is 13.3. The molecule has 3 heterocycles. The van der Waals surface area contributed by atoms with E-state index in [9.17, 15) is 14.4 Å². The summed E-state index contributed by atoms with van der Waals surface area (Å²) in [6.45, 7) is 2.14. The van der Waals surface area contributed by atoms with Crippen molar-refractivity contribution in [3.05, 3.63) is 24.3 Å². The second-order valence-corrected chi connectivity index (χ2v) is 6.00. The smallest absolute Gasteiger partial charge is 0.280 e. The molecule has 3 amide bonds. The predicted molar refractivity (Wildman–Crippen MR) is 82.7 cm³/mol. The van der Waals surface area contributed by atoms with Gasteiger partial charge in [-0.15, -0.1) is 0 Å². The van der Waals surface area contributed by atoms with Crippen molar-refractivity contribution in [1.82, 2.24) is 25.5 Å². The highest BCUT2D eigenvalue weighted by Gasteiger charge is 2.34. The largest absolute Gasteiger partial charge is 0.354 e. The maximum atomic E-state index is 12.4. The number of quaternary nitrogens is 1. The second kappa shape index (κ2) is 7.35. The van der Waals surface area contributed by atoms with Gasteiger partial charge in [0.2, 0.25) is 5.91 Å². The highest BCUT2D eigenvalue weighted by atomic mass is 16.2. The summed E-state index contributed by atoms with van der Waals surface area (Å²) in [5, 5.41) is 7.44. The first-order valence-corrected chi connectivity index (χ1v) is 8.11. The van der Waals surface area contributed by atoms with E-state index in [1.54, 1.807) is 4.90 Å². The molecule has 3 rings (SSSR count). The molecular formula is C15H21N6O3+. The summed E-state index contributed by atoms with van der Waals surface area (Å²) in [7, 11) is 0. The Morgan fingerprint density at radius 3 is 2.88 bits per heavy atom. The van der Waals surface area contributed by atoms with Crippen molar-refractivity contribution in [2.45, 2.75) is 24.9 Å². The molecule has 0 aliphatic carbocycles. The van der Waals surface area contributed by atoms with Crippen molar-refractivity contribution in [3.63, 3.8) is 0 Å². The van der Waals surface area contributed by atoms with Crippen LogP contribution in [-0.4, -0.2) is 70.9 Å². The molecule has 2 atom stereocenters. The van der Waals surface area contributed by atoms with Crippen LogP contribution in [-0.2, 0) is 9.59 Å². The fraction of sp³-hybridized carbons (Fsp3) is 0.533. The van der Waals surface area contributed by atoms with Crippen LogP contribution in [0.2, 0.25) is 0 Å². The molecule has 9 heteroatoms. The van der Waals surface area contributed by atoms with E-state index < -0.39 is 12.1 Å². The van der Waals surface area contributed by atoms with Crippen molar-refractivity contribution in [2.75, 3.05) is 26.2 Å². The minimum absolute atomic E-state index is 0.139. The Morgan fingerprint density at radius 2 is 2.12 bits per heavy atom. The summed E-state index contributed by atoms with van der Waals surface area (Å²) in [6.07, 6.45) is 5.80. The number of nitrogens with one attached hydrogen (secondary N) is 2. The molecule has 0 spiro atoms. The van der Waals surface area contributed by atoms with Crippen molar-refractivity contribution < 1.29 is 19.7 Å². The van der Waals surface area contributed by atoms with E-state index in [2.05, 4.69) is 20.6 Å². The van der Waals surface area contributed by atoms with Crippen LogP contribution in [0.15, 0.2) is 18.7 Å². The summed E-state index contributed by atoms with van der Waals surface area (Å²) in [6, 6.07) is -0.893. The first kappa shape index (κ1) is 16.3. The van der Waals surface area contributed by atoms with Gasteiger partial charge in [0.25, 0.3) is 11.8 Å². The number of rotatable bonds is 3. The van der Waals surface area contributed by atoms with Crippen LogP contribution in [0.3, 0.4) is 0 Å². The molecule has 2 aliphatic heterocycles. The lowest BCUT2D eigenvalue weighted by Gasteiger charge is -2.31. The summed E-state index contributed by atoms with van der Waals surface area (Å²) >= 11 is 0. The van der Waals surface area contributed by atoms with Gasteiger partial charge in [-0.3, -0.25) is 14.4 Å². The van der Waals surface area contributed by atoms with Crippen LogP contribution < -0.4 is 16.0 Å². The highest BCUT2D eigenvalue weighted by Crippen LogP contribution is 2.06. The SMILES string of the molecule is O=C1NCCC[C@@H]1NC(=O)[C@@H]1CN(C(=O)c2cncnc2)CC[NH2+]1.